The number of hydrogen-bond acceptors (Lipinski definition) is 4. The Bertz CT molecular complexity index is 563. The number of hydrogen-bond donors (Lipinski definition) is 2. The Morgan fingerprint density at radius 3 is 2.35 bits per heavy atom. The maximum Gasteiger partial charge on any atom is 0.241 e. The highest BCUT2D eigenvalue weighted by atomic mass is 32.2. The number of benzene rings is 1. The second-order valence-corrected chi connectivity index (χ2v) is 6.53. The van der Waals surface area contributed by atoms with Crippen LogP contribution in [0.5, 0.6) is 5.75 Å². The molecule has 110 valence electrons. The minimum absolute atomic E-state index is 0.00616. The lowest BCUT2D eigenvalue weighted by atomic mass is 10.1. The van der Waals surface area contributed by atoms with Crippen LogP contribution in [0, 0.1) is 0 Å². The smallest absolute Gasteiger partial charge is 0.241 e. The quantitative estimate of drug-likeness (QED) is 0.856. The molecule has 1 amide bonds. The number of nitrogens with one attached hydrogen (secondary N) is 1. The molecule has 7 heteroatoms. The summed E-state index contributed by atoms with van der Waals surface area (Å²) in [4.78, 5) is 13.6. The standard InChI is InChI=1S/C13H18N2O4S/c16-11-4-6-12(7-5-11)20(18,19)14-10-13(17)15-8-2-1-3-9-15/h4-7,14,16H,1-3,8-10H2. The normalized spacial score (nSPS) is 16.1. The van der Waals surface area contributed by atoms with Gasteiger partial charge in [-0.25, -0.2) is 13.1 Å². The van der Waals surface area contributed by atoms with E-state index in [2.05, 4.69) is 4.72 Å². The van der Waals surface area contributed by atoms with Crippen LogP contribution in [-0.4, -0.2) is 44.0 Å². The van der Waals surface area contributed by atoms with Crippen molar-refractivity contribution in [3.63, 3.8) is 0 Å². The third kappa shape index (κ3) is 3.71. The predicted octanol–water partition coefficient (Wildman–Crippen LogP) is 0.683. The Balaban J connectivity index is 1.95. The van der Waals surface area contributed by atoms with Gasteiger partial charge in [0.1, 0.15) is 5.75 Å². The number of piperidine rings is 1. The van der Waals surface area contributed by atoms with E-state index in [9.17, 15) is 13.2 Å². The van der Waals surface area contributed by atoms with Crippen molar-refractivity contribution in [3.05, 3.63) is 24.3 Å². The highest BCUT2D eigenvalue weighted by molar-refractivity contribution is 7.89. The van der Waals surface area contributed by atoms with Crippen molar-refractivity contribution in [2.45, 2.75) is 24.2 Å². The zero-order valence-corrected chi connectivity index (χ0v) is 11.9. The number of phenolic OH excluding ortho intramolecular Hbond substituents is 1. The van der Waals surface area contributed by atoms with Crippen molar-refractivity contribution in [1.82, 2.24) is 9.62 Å². The first-order valence-electron chi connectivity index (χ1n) is 6.55. The molecule has 1 aromatic carbocycles. The summed E-state index contributed by atoms with van der Waals surface area (Å²) in [7, 11) is -3.72. The van der Waals surface area contributed by atoms with Crippen molar-refractivity contribution in [2.75, 3.05) is 19.6 Å². The Hall–Kier alpha value is -1.60. The van der Waals surface area contributed by atoms with Gasteiger partial charge in [-0.15, -0.1) is 0 Å². The van der Waals surface area contributed by atoms with Crippen LogP contribution in [-0.2, 0) is 14.8 Å². The topological polar surface area (TPSA) is 86.7 Å². The number of aromatic hydroxyl groups is 1. The van der Waals surface area contributed by atoms with E-state index in [0.717, 1.165) is 19.3 Å². The van der Waals surface area contributed by atoms with Gasteiger partial charge in [0.25, 0.3) is 0 Å². The zero-order chi connectivity index (χ0) is 14.6. The first-order chi connectivity index (χ1) is 9.49. The number of phenols is 1. The zero-order valence-electron chi connectivity index (χ0n) is 11.1. The molecule has 0 atom stereocenters. The number of nitrogens with zero attached hydrogens (tertiary/aromatic N) is 1. The molecule has 0 bridgehead atoms. The first-order valence-corrected chi connectivity index (χ1v) is 8.04. The van der Waals surface area contributed by atoms with E-state index in [4.69, 9.17) is 5.11 Å². The lowest BCUT2D eigenvalue weighted by molar-refractivity contribution is -0.130. The summed E-state index contributed by atoms with van der Waals surface area (Å²) in [6.45, 7) is 1.16. The average molecular weight is 298 g/mol. The fraction of sp³-hybridized carbons (Fsp3) is 0.462. The lowest BCUT2D eigenvalue weighted by Crippen LogP contribution is -2.42. The summed E-state index contributed by atoms with van der Waals surface area (Å²) in [6.07, 6.45) is 3.05. The van der Waals surface area contributed by atoms with Crippen LogP contribution < -0.4 is 4.72 Å². The molecule has 1 fully saturated rings. The fourth-order valence-electron chi connectivity index (χ4n) is 2.12. The third-order valence-electron chi connectivity index (χ3n) is 3.27. The predicted molar refractivity (Wildman–Crippen MR) is 73.7 cm³/mol. The molecular weight excluding hydrogens is 280 g/mol. The van der Waals surface area contributed by atoms with Crippen molar-refractivity contribution in [1.29, 1.82) is 0 Å². The Morgan fingerprint density at radius 2 is 1.75 bits per heavy atom. The van der Waals surface area contributed by atoms with Gasteiger partial charge in [-0.2, -0.15) is 0 Å². The Labute approximate surface area is 118 Å². The summed E-state index contributed by atoms with van der Waals surface area (Å²) < 4.78 is 26.2. The minimum Gasteiger partial charge on any atom is -0.508 e. The number of carbonyl (C=O) groups is 1. The molecule has 1 aliphatic rings. The van der Waals surface area contributed by atoms with Crippen molar-refractivity contribution in [2.24, 2.45) is 0 Å². The summed E-state index contributed by atoms with van der Waals surface area (Å²) in [5.41, 5.74) is 0. The van der Waals surface area contributed by atoms with Crippen LogP contribution in [0.25, 0.3) is 0 Å². The van der Waals surface area contributed by atoms with Gasteiger partial charge >= 0.3 is 0 Å². The van der Waals surface area contributed by atoms with E-state index >= 15 is 0 Å². The van der Waals surface area contributed by atoms with Crippen molar-refractivity contribution >= 4 is 15.9 Å². The van der Waals surface area contributed by atoms with Crippen LogP contribution in [0.3, 0.4) is 0 Å². The molecule has 2 rings (SSSR count). The van der Waals surface area contributed by atoms with Gasteiger partial charge in [0.2, 0.25) is 15.9 Å². The number of carbonyl (C=O) groups excluding carboxylic acids is 1. The summed E-state index contributed by atoms with van der Waals surface area (Å²) in [6, 6.07) is 5.17. The van der Waals surface area contributed by atoms with E-state index in [1.807, 2.05) is 0 Å². The molecule has 6 nitrogen and oxygen atoms in total. The molecule has 2 N–H and O–H groups in total. The highest BCUT2D eigenvalue weighted by Gasteiger charge is 2.20. The Morgan fingerprint density at radius 1 is 1.15 bits per heavy atom. The van der Waals surface area contributed by atoms with Gasteiger partial charge in [0, 0.05) is 13.1 Å². The van der Waals surface area contributed by atoms with Gasteiger partial charge in [0.05, 0.1) is 11.4 Å². The maximum absolute atomic E-state index is 12.0. The third-order valence-corrected chi connectivity index (χ3v) is 4.69. The average Bonchev–Trinajstić information content (AvgIpc) is 2.46. The van der Waals surface area contributed by atoms with Crippen LogP contribution in [0.1, 0.15) is 19.3 Å². The minimum atomic E-state index is -3.72. The molecule has 0 aliphatic carbocycles. The van der Waals surface area contributed by atoms with Crippen molar-refractivity contribution < 1.29 is 18.3 Å². The molecular formula is C13H18N2O4S. The summed E-state index contributed by atoms with van der Waals surface area (Å²) >= 11 is 0. The van der Waals surface area contributed by atoms with E-state index in [1.54, 1.807) is 4.90 Å². The molecule has 0 saturated carbocycles. The SMILES string of the molecule is O=C(CNS(=O)(=O)c1ccc(O)cc1)N1CCCCC1. The van der Waals surface area contributed by atoms with Crippen LogP contribution in [0.15, 0.2) is 29.2 Å². The largest absolute Gasteiger partial charge is 0.508 e. The van der Waals surface area contributed by atoms with Gasteiger partial charge < -0.3 is 10.0 Å². The molecule has 1 aliphatic heterocycles. The van der Waals surface area contributed by atoms with Gasteiger partial charge in [-0.05, 0) is 43.5 Å². The number of rotatable bonds is 4. The molecule has 0 unspecified atom stereocenters. The van der Waals surface area contributed by atoms with E-state index < -0.39 is 10.0 Å². The monoisotopic (exact) mass is 298 g/mol. The second kappa shape index (κ2) is 6.23. The molecule has 0 spiro atoms. The van der Waals surface area contributed by atoms with E-state index in [1.165, 1.54) is 24.3 Å². The van der Waals surface area contributed by atoms with Crippen LogP contribution in [0.2, 0.25) is 0 Å². The molecule has 0 radical (unpaired) electrons. The maximum atomic E-state index is 12.0. The second-order valence-electron chi connectivity index (χ2n) is 4.76. The van der Waals surface area contributed by atoms with E-state index in [-0.39, 0.29) is 23.1 Å². The molecule has 1 aromatic rings. The number of sulfonamides is 1. The van der Waals surface area contributed by atoms with Crippen LogP contribution >= 0.6 is 0 Å². The molecule has 1 heterocycles. The fourth-order valence-corrected chi connectivity index (χ4v) is 3.10. The van der Waals surface area contributed by atoms with Gasteiger partial charge in [-0.3, -0.25) is 4.79 Å². The summed E-state index contributed by atoms with van der Waals surface area (Å²) in [5, 5.41) is 9.13. The highest BCUT2D eigenvalue weighted by Crippen LogP contribution is 2.14. The van der Waals surface area contributed by atoms with E-state index in [0.29, 0.717) is 13.1 Å². The van der Waals surface area contributed by atoms with Crippen LogP contribution in [0.4, 0.5) is 0 Å². The molecule has 20 heavy (non-hydrogen) atoms. The van der Waals surface area contributed by atoms with Gasteiger partial charge in [-0.1, -0.05) is 0 Å². The molecule has 0 aromatic heterocycles. The molecule has 1 saturated heterocycles. The van der Waals surface area contributed by atoms with Gasteiger partial charge in [0.15, 0.2) is 0 Å². The Kier molecular flexibility index (Phi) is 4.61. The van der Waals surface area contributed by atoms with Crippen molar-refractivity contribution in [3.8, 4) is 5.75 Å². The number of amides is 1. The lowest BCUT2D eigenvalue weighted by Gasteiger charge is -2.26. The number of likely N-dealkylation sites (tertiary alicyclic amines) is 1. The summed E-state index contributed by atoms with van der Waals surface area (Å²) in [5.74, 6) is -0.208. The first kappa shape index (κ1) is 14.8.